The summed E-state index contributed by atoms with van der Waals surface area (Å²) in [4.78, 5) is 27.2. The van der Waals surface area contributed by atoms with E-state index in [1.807, 2.05) is 0 Å². The first-order valence-electron chi connectivity index (χ1n) is 7.63. The number of aryl methyl sites for hydroxylation is 2. The van der Waals surface area contributed by atoms with Gasteiger partial charge in [0.05, 0.1) is 18.4 Å². The number of primary amides is 1. The Labute approximate surface area is 142 Å². The molecule has 2 amide bonds. The number of nitrogens with one attached hydrogen (secondary N) is 1. The molecule has 0 unspecified atom stereocenters. The molecule has 3 N–H and O–H groups in total. The predicted octanol–water partition coefficient (Wildman–Crippen LogP) is 1.50. The van der Waals surface area contributed by atoms with Crippen LogP contribution in [0.5, 0.6) is 0 Å². The number of amides is 2. The van der Waals surface area contributed by atoms with Crippen LogP contribution in [-0.2, 0) is 22.6 Å². The van der Waals surface area contributed by atoms with Crippen LogP contribution in [0.15, 0.2) is 39.5 Å². The van der Waals surface area contributed by atoms with Crippen LogP contribution in [0.4, 0.5) is 5.82 Å². The maximum atomic E-state index is 12.2. The van der Waals surface area contributed by atoms with E-state index >= 15 is 0 Å². The van der Waals surface area contributed by atoms with Crippen LogP contribution in [0, 0.1) is 6.92 Å². The highest BCUT2D eigenvalue weighted by Crippen LogP contribution is 2.22. The maximum Gasteiger partial charge on any atom is 0.263 e. The largest absolute Gasteiger partial charge is 0.459 e. The lowest BCUT2D eigenvalue weighted by Crippen LogP contribution is -2.16. The van der Waals surface area contributed by atoms with Crippen molar-refractivity contribution in [3.05, 3.63) is 42.1 Å². The molecule has 0 atom stereocenters. The summed E-state index contributed by atoms with van der Waals surface area (Å²) in [6, 6.07) is 5.10. The molecule has 0 aromatic carbocycles. The highest BCUT2D eigenvalue weighted by molar-refractivity contribution is 5.91. The van der Waals surface area contributed by atoms with Crippen LogP contribution in [0.2, 0.25) is 0 Å². The molecule has 0 fully saturated rings. The van der Waals surface area contributed by atoms with E-state index in [2.05, 4.69) is 15.4 Å². The number of anilines is 1. The smallest absolute Gasteiger partial charge is 0.263 e. The molecule has 0 aliphatic rings. The van der Waals surface area contributed by atoms with Crippen LogP contribution >= 0.6 is 0 Å². The standard InChI is InChI=1S/C16H17N5O4/c1-10-11(18-16(25-10)12-3-2-8-24-12)9-15(23)19-14-5-7-21(20-14)6-4-13(17)22/h2-3,5,7-8H,4,6,9H2,1H3,(H2,17,22)(H,19,20,23). The van der Waals surface area contributed by atoms with Crippen molar-refractivity contribution in [1.29, 1.82) is 0 Å². The van der Waals surface area contributed by atoms with Gasteiger partial charge in [0.2, 0.25) is 11.8 Å². The summed E-state index contributed by atoms with van der Waals surface area (Å²) < 4.78 is 12.3. The van der Waals surface area contributed by atoms with E-state index in [0.717, 1.165) is 0 Å². The quantitative estimate of drug-likeness (QED) is 0.668. The lowest BCUT2D eigenvalue weighted by molar-refractivity contribution is -0.118. The van der Waals surface area contributed by atoms with E-state index in [0.29, 0.717) is 35.5 Å². The van der Waals surface area contributed by atoms with Crippen molar-refractivity contribution in [3.8, 4) is 11.7 Å². The Morgan fingerprint density at radius 3 is 2.92 bits per heavy atom. The molecule has 3 rings (SSSR count). The normalized spacial score (nSPS) is 10.8. The predicted molar refractivity (Wildman–Crippen MR) is 87.3 cm³/mol. The van der Waals surface area contributed by atoms with Crippen LogP contribution in [0.25, 0.3) is 11.7 Å². The van der Waals surface area contributed by atoms with Gasteiger partial charge in [-0.3, -0.25) is 14.3 Å². The summed E-state index contributed by atoms with van der Waals surface area (Å²) in [6.45, 7) is 2.10. The minimum Gasteiger partial charge on any atom is -0.459 e. The Kier molecular flexibility index (Phi) is 4.64. The highest BCUT2D eigenvalue weighted by Gasteiger charge is 2.16. The number of carbonyl (C=O) groups is 2. The van der Waals surface area contributed by atoms with Gasteiger partial charge in [-0.05, 0) is 19.1 Å². The number of nitrogens with zero attached hydrogens (tertiary/aromatic N) is 3. The number of furan rings is 1. The van der Waals surface area contributed by atoms with Crippen LogP contribution < -0.4 is 11.1 Å². The first-order valence-corrected chi connectivity index (χ1v) is 7.63. The average molecular weight is 343 g/mol. The number of hydrogen-bond acceptors (Lipinski definition) is 6. The first kappa shape index (κ1) is 16.5. The van der Waals surface area contributed by atoms with Gasteiger partial charge in [0, 0.05) is 25.2 Å². The van der Waals surface area contributed by atoms with Gasteiger partial charge in [-0.25, -0.2) is 4.98 Å². The summed E-state index contributed by atoms with van der Waals surface area (Å²) in [6.07, 6.45) is 3.41. The van der Waals surface area contributed by atoms with Crippen LogP contribution in [0.1, 0.15) is 17.9 Å². The third-order valence-corrected chi connectivity index (χ3v) is 3.45. The zero-order valence-electron chi connectivity index (χ0n) is 13.6. The van der Waals surface area contributed by atoms with Crippen molar-refractivity contribution < 1.29 is 18.4 Å². The monoisotopic (exact) mass is 343 g/mol. The van der Waals surface area contributed by atoms with Gasteiger partial charge in [-0.15, -0.1) is 0 Å². The number of oxazole rings is 1. The Hall–Kier alpha value is -3.36. The SMILES string of the molecule is Cc1oc(-c2ccco2)nc1CC(=O)Nc1ccn(CCC(N)=O)n1. The molecular formula is C16H17N5O4. The number of nitrogens with two attached hydrogens (primary N) is 1. The lowest BCUT2D eigenvalue weighted by Gasteiger charge is -2.01. The van der Waals surface area contributed by atoms with E-state index in [9.17, 15) is 9.59 Å². The van der Waals surface area contributed by atoms with Crippen molar-refractivity contribution in [2.24, 2.45) is 5.73 Å². The summed E-state index contributed by atoms with van der Waals surface area (Å²) >= 11 is 0. The molecule has 0 bridgehead atoms. The molecule has 0 aliphatic heterocycles. The van der Waals surface area contributed by atoms with Gasteiger partial charge < -0.3 is 19.9 Å². The minimum atomic E-state index is -0.407. The van der Waals surface area contributed by atoms with E-state index in [1.54, 1.807) is 31.3 Å². The number of rotatable bonds is 7. The molecule has 0 spiro atoms. The minimum absolute atomic E-state index is 0.0458. The second kappa shape index (κ2) is 7.04. The van der Waals surface area contributed by atoms with Crippen molar-refractivity contribution in [3.63, 3.8) is 0 Å². The molecule has 0 aliphatic carbocycles. The molecule has 0 radical (unpaired) electrons. The van der Waals surface area contributed by atoms with Gasteiger partial charge in [-0.2, -0.15) is 5.10 Å². The topological polar surface area (TPSA) is 129 Å². The highest BCUT2D eigenvalue weighted by atomic mass is 16.4. The number of hydrogen-bond donors (Lipinski definition) is 2. The van der Waals surface area contributed by atoms with Gasteiger partial charge in [0.1, 0.15) is 5.76 Å². The molecule has 3 heterocycles. The molecule has 130 valence electrons. The van der Waals surface area contributed by atoms with Gasteiger partial charge in [0.25, 0.3) is 5.89 Å². The second-order valence-corrected chi connectivity index (χ2v) is 5.40. The van der Waals surface area contributed by atoms with Crippen LogP contribution in [-0.4, -0.2) is 26.6 Å². The zero-order valence-corrected chi connectivity index (χ0v) is 13.6. The van der Waals surface area contributed by atoms with Crippen molar-refractivity contribution in [1.82, 2.24) is 14.8 Å². The van der Waals surface area contributed by atoms with Crippen molar-refractivity contribution >= 4 is 17.6 Å². The van der Waals surface area contributed by atoms with E-state index in [4.69, 9.17) is 14.6 Å². The average Bonchev–Trinajstić information content (AvgIpc) is 3.27. The Balaban J connectivity index is 1.60. The summed E-state index contributed by atoms with van der Waals surface area (Å²) in [7, 11) is 0. The fourth-order valence-corrected chi connectivity index (χ4v) is 2.21. The Morgan fingerprint density at radius 2 is 2.20 bits per heavy atom. The Bertz CT molecular complexity index is 878. The second-order valence-electron chi connectivity index (χ2n) is 5.40. The van der Waals surface area contributed by atoms with Gasteiger partial charge >= 0.3 is 0 Å². The van der Waals surface area contributed by atoms with E-state index < -0.39 is 5.91 Å². The third kappa shape index (κ3) is 4.14. The zero-order chi connectivity index (χ0) is 17.8. The molecule has 9 heteroatoms. The fraction of sp³-hybridized carbons (Fsp3) is 0.250. The van der Waals surface area contributed by atoms with Gasteiger partial charge in [-0.1, -0.05) is 0 Å². The van der Waals surface area contributed by atoms with Gasteiger partial charge in [0.15, 0.2) is 11.6 Å². The number of aromatic nitrogens is 3. The molecule has 0 saturated heterocycles. The lowest BCUT2D eigenvalue weighted by atomic mass is 10.2. The van der Waals surface area contributed by atoms with Crippen molar-refractivity contribution in [2.75, 3.05) is 5.32 Å². The Morgan fingerprint density at radius 1 is 1.36 bits per heavy atom. The summed E-state index contributed by atoms with van der Waals surface area (Å²) in [5.74, 6) is 1.09. The molecule has 3 aromatic rings. The molecule has 9 nitrogen and oxygen atoms in total. The first-order chi connectivity index (χ1) is 12.0. The fourth-order valence-electron chi connectivity index (χ4n) is 2.21. The van der Waals surface area contributed by atoms with E-state index in [-0.39, 0.29) is 18.7 Å². The number of carbonyl (C=O) groups excluding carboxylic acids is 2. The maximum absolute atomic E-state index is 12.2. The van der Waals surface area contributed by atoms with Crippen LogP contribution in [0.3, 0.4) is 0 Å². The third-order valence-electron chi connectivity index (χ3n) is 3.45. The molecule has 25 heavy (non-hydrogen) atoms. The summed E-state index contributed by atoms with van der Waals surface area (Å²) in [5, 5.41) is 6.83. The molecule has 0 saturated carbocycles. The van der Waals surface area contributed by atoms with E-state index in [1.165, 1.54) is 10.9 Å². The summed E-state index contributed by atoms with van der Waals surface area (Å²) in [5.41, 5.74) is 5.62. The van der Waals surface area contributed by atoms with Crippen molar-refractivity contribution in [2.45, 2.75) is 26.3 Å². The molecule has 3 aromatic heterocycles. The molecular weight excluding hydrogens is 326 g/mol.